The number of rotatable bonds is 6. The summed E-state index contributed by atoms with van der Waals surface area (Å²) in [6, 6.07) is 12.5. The van der Waals surface area contributed by atoms with Crippen LogP contribution in [0, 0.1) is 6.92 Å². The molecule has 0 bridgehead atoms. The van der Waals surface area contributed by atoms with Crippen LogP contribution in [0.2, 0.25) is 0 Å². The Morgan fingerprint density at radius 3 is 2.59 bits per heavy atom. The van der Waals surface area contributed by atoms with Gasteiger partial charge in [0.1, 0.15) is 12.1 Å². The first-order chi connectivity index (χ1) is 12.7. The van der Waals surface area contributed by atoms with Gasteiger partial charge in [0.2, 0.25) is 0 Å². The molecule has 0 atom stereocenters. The summed E-state index contributed by atoms with van der Waals surface area (Å²) >= 11 is 0. The lowest BCUT2D eigenvalue weighted by atomic mass is 10.1. The van der Waals surface area contributed by atoms with Crippen LogP contribution in [0.3, 0.4) is 0 Å². The predicted molar refractivity (Wildman–Crippen MR) is 120 cm³/mol. The molecule has 3 rings (SSSR count). The van der Waals surface area contributed by atoms with Gasteiger partial charge in [-0.2, -0.15) is 0 Å². The number of aliphatic imine (C=N–C) groups is 1. The third-order valence-electron chi connectivity index (χ3n) is 3.92. The third-order valence-corrected chi connectivity index (χ3v) is 3.92. The van der Waals surface area contributed by atoms with E-state index in [0.717, 1.165) is 30.4 Å². The molecule has 0 aliphatic heterocycles. The Labute approximate surface area is 177 Å². The maximum Gasteiger partial charge on any atom is 0.191 e. The van der Waals surface area contributed by atoms with E-state index < -0.39 is 0 Å². The van der Waals surface area contributed by atoms with E-state index in [1.54, 1.807) is 18.7 Å². The summed E-state index contributed by atoms with van der Waals surface area (Å²) in [5.41, 5.74) is 3.59. The van der Waals surface area contributed by atoms with Gasteiger partial charge in [-0.05, 0) is 37.1 Å². The third kappa shape index (κ3) is 6.35. The van der Waals surface area contributed by atoms with Crippen LogP contribution in [0.4, 0.5) is 0 Å². The van der Waals surface area contributed by atoms with Gasteiger partial charge < -0.3 is 10.6 Å². The van der Waals surface area contributed by atoms with Gasteiger partial charge in [0.15, 0.2) is 5.96 Å². The normalized spacial score (nSPS) is 11.0. The number of benzene rings is 1. The lowest BCUT2D eigenvalue weighted by Crippen LogP contribution is -2.36. The number of nitrogens with one attached hydrogen (secondary N) is 2. The minimum atomic E-state index is 0. The molecule has 0 radical (unpaired) electrons. The summed E-state index contributed by atoms with van der Waals surface area (Å²) in [5.74, 6) is 1.64. The summed E-state index contributed by atoms with van der Waals surface area (Å²) in [6.45, 7) is 6.29. The molecule has 27 heavy (non-hydrogen) atoms. The van der Waals surface area contributed by atoms with E-state index in [4.69, 9.17) is 0 Å². The van der Waals surface area contributed by atoms with Crippen molar-refractivity contribution in [3.05, 3.63) is 78.0 Å². The summed E-state index contributed by atoms with van der Waals surface area (Å²) in [6.07, 6.45) is 7.16. The quantitative estimate of drug-likeness (QED) is 0.325. The molecule has 3 aromatic rings. The largest absolute Gasteiger partial charge is 0.357 e. The summed E-state index contributed by atoms with van der Waals surface area (Å²) in [4.78, 5) is 13.1. The molecule has 2 aromatic heterocycles. The van der Waals surface area contributed by atoms with Crippen molar-refractivity contribution in [1.82, 2.24) is 25.2 Å². The van der Waals surface area contributed by atoms with Crippen molar-refractivity contribution in [2.24, 2.45) is 4.99 Å². The molecule has 142 valence electrons. The van der Waals surface area contributed by atoms with Gasteiger partial charge in [0.25, 0.3) is 0 Å². The maximum atomic E-state index is 4.68. The van der Waals surface area contributed by atoms with Gasteiger partial charge >= 0.3 is 0 Å². The summed E-state index contributed by atoms with van der Waals surface area (Å²) in [7, 11) is 0. The van der Waals surface area contributed by atoms with Crippen molar-refractivity contribution < 1.29 is 0 Å². The van der Waals surface area contributed by atoms with Crippen molar-refractivity contribution in [3.8, 4) is 5.82 Å². The number of hydrogen-bond acceptors (Lipinski definition) is 3. The number of halogens is 1. The molecule has 6 nitrogen and oxygen atoms in total. The molecule has 2 heterocycles. The molecular formula is C20H25IN6. The highest BCUT2D eigenvalue weighted by atomic mass is 127. The number of aryl methyl sites for hydroxylation is 1. The Hall–Kier alpha value is -2.42. The Balaban J connectivity index is 0.00000261. The molecule has 0 unspecified atom stereocenters. The van der Waals surface area contributed by atoms with Crippen molar-refractivity contribution in [3.63, 3.8) is 0 Å². The number of imidazole rings is 1. The number of pyridine rings is 1. The molecule has 0 amide bonds. The number of hydrogen-bond donors (Lipinski definition) is 2. The molecule has 0 saturated heterocycles. The van der Waals surface area contributed by atoms with E-state index in [1.165, 1.54) is 11.1 Å². The fourth-order valence-electron chi connectivity index (χ4n) is 2.50. The van der Waals surface area contributed by atoms with E-state index in [0.29, 0.717) is 6.54 Å². The zero-order valence-electron chi connectivity index (χ0n) is 15.6. The first-order valence-corrected chi connectivity index (χ1v) is 8.75. The second-order valence-electron chi connectivity index (χ2n) is 6.03. The highest BCUT2D eigenvalue weighted by Crippen LogP contribution is 2.08. The predicted octanol–water partition coefficient (Wildman–Crippen LogP) is 3.45. The number of nitrogens with zero attached hydrogens (tertiary/aromatic N) is 4. The van der Waals surface area contributed by atoms with Crippen LogP contribution in [0.1, 0.15) is 23.6 Å². The smallest absolute Gasteiger partial charge is 0.191 e. The van der Waals surface area contributed by atoms with E-state index in [-0.39, 0.29) is 24.0 Å². The minimum Gasteiger partial charge on any atom is -0.357 e. The van der Waals surface area contributed by atoms with Crippen LogP contribution >= 0.6 is 24.0 Å². The van der Waals surface area contributed by atoms with Gasteiger partial charge in [-0.25, -0.2) is 15.0 Å². The summed E-state index contributed by atoms with van der Waals surface area (Å²) in [5, 5.41) is 6.66. The standard InChI is InChI=1S/C20H24N6.HI/c1-3-22-20(24-13-17-6-4-16(2)5-7-17)25-14-18-8-9-23-19(12-18)26-11-10-21-15-26;/h4-12,15H,3,13-14H2,1-2H3,(H2,22,24,25);1H. The van der Waals surface area contributed by atoms with Gasteiger partial charge in [0.05, 0.1) is 6.54 Å². The van der Waals surface area contributed by atoms with E-state index >= 15 is 0 Å². The molecule has 0 spiro atoms. The molecular weight excluding hydrogens is 451 g/mol. The lowest BCUT2D eigenvalue weighted by molar-refractivity contribution is 0.815. The van der Waals surface area contributed by atoms with Gasteiger partial charge in [0, 0.05) is 31.7 Å². The van der Waals surface area contributed by atoms with Crippen LogP contribution in [0.15, 0.2) is 66.3 Å². The summed E-state index contributed by atoms with van der Waals surface area (Å²) < 4.78 is 1.88. The second kappa shape index (κ2) is 10.7. The van der Waals surface area contributed by atoms with Gasteiger partial charge in [-0.3, -0.25) is 4.57 Å². The van der Waals surface area contributed by atoms with Crippen molar-refractivity contribution in [1.29, 1.82) is 0 Å². The highest BCUT2D eigenvalue weighted by Gasteiger charge is 2.01. The molecule has 0 aliphatic rings. The molecule has 1 aromatic carbocycles. The minimum absolute atomic E-state index is 0. The van der Waals surface area contributed by atoms with Gasteiger partial charge in [-0.1, -0.05) is 29.8 Å². The average molecular weight is 476 g/mol. The van der Waals surface area contributed by atoms with E-state index in [1.807, 2.05) is 22.9 Å². The van der Waals surface area contributed by atoms with Crippen LogP contribution in [0.25, 0.3) is 5.82 Å². The second-order valence-corrected chi connectivity index (χ2v) is 6.03. The fraction of sp³-hybridized carbons (Fsp3) is 0.250. The Kier molecular flexibility index (Phi) is 8.25. The van der Waals surface area contributed by atoms with Crippen molar-refractivity contribution in [2.45, 2.75) is 26.9 Å². The monoisotopic (exact) mass is 476 g/mol. The van der Waals surface area contributed by atoms with E-state index in [9.17, 15) is 0 Å². The molecule has 7 heteroatoms. The van der Waals surface area contributed by atoms with Crippen LogP contribution in [-0.2, 0) is 13.1 Å². The maximum absolute atomic E-state index is 4.68. The molecule has 0 aliphatic carbocycles. The lowest BCUT2D eigenvalue weighted by Gasteiger charge is -2.12. The van der Waals surface area contributed by atoms with Crippen molar-refractivity contribution in [2.75, 3.05) is 6.54 Å². The van der Waals surface area contributed by atoms with Crippen molar-refractivity contribution >= 4 is 29.9 Å². The SMILES string of the molecule is CCNC(=NCc1ccnc(-n2ccnc2)c1)NCc1ccc(C)cc1.I. The first kappa shape index (κ1) is 20.9. The van der Waals surface area contributed by atoms with E-state index in [2.05, 4.69) is 63.7 Å². The fourth-order valence-corrected chi connectivity index (χ4v) is 2.50. The average Bonchev–Trinajstić information content (AvgIpc) is 3.20. The molecule has 2 N–H and O–H groups in total. The highest BCUT2D eigenvalue weighted by molar-refractivity contribution is 14.0. The molecule has 0 saturated carbocycles. The van der Waals surface area contributed by atoms with Crippen LogP contribution < -0.4 is 10.6 Å². The Morgan fingerprint density at radius 1 is 1.07 bits per heavy atom. The topological polar surface area (TPSA) is 67.1 Å². The van der Waals surface area contributed by atoms with Crippen LogP contribution in [-0.4, -0.2) is 27.0 Å². The zero-order valence-corrected chi connectivity index (χ0v) is 17.9. The number of guanidine groups is 1. The van der Waals surface area contributed by atoms with Crippen LogP contribution in [0.5, 0.6) is 0 Å². The van der Waals surface area contributed by atoms with Gasteiger partial charge in [-0.15, -0.1) is 24.0 Å². The first-order valence-electron chi connectivity index (χ1n) is 8.75. The molecule has 0 fully saturated rings. The number of aromatic nitrogens is 3. The zero-order chi connectivity index (χ0) is 18.2. The Morgan fingerprint density at radius 2 is 1.89 bits per heavy atom. The Bertz CT molecular complexity index is 843.